The number of halogens is 2. The van der Waals surface area contributed by atoms with E-state index in [4.69, 9.17) is 15.6 Å². The Bertz CT molecular complexity index is 496. The van der Waals surface area contributed by atoms with E-state index in [2.05, 4.69) is 15.9 Å². The first kappa shape index (κ1) is 14.3. The van der Waals surface area contributed by atoms with Crippen molar-refractivity contribution in [1.29, 1.82) is 0 Å². The lowest BCUT2D eigenvalue weighted by Crippen LogP contribution is -2.35. The molecule has 1 unspecified atom stereocenters. The van der Waals surface area contributed by atoms with Crippen molar-refractivity contribution in [1.82, 2.24) is 0 Å². The van der Waals surface area contributed by atoms with Gasteiger partial charge in [-0.2, -0.15) is 0 Å². The second-order valence-electron chi connectivity index (χ2n) is 3.17. The van der Waals surface area contributed by atoms with Gasteiger partial charge < -0.3 is 15.6 Å². The van der Waals surface area contributed by atoms with Gasteiger partial charge in [-0.05, 0) is 22.0 Å². The van der Waals surface area contributed by atoms with E-state index in [1.54, 1.807) is 0 Å². The number of hydrogen-bond acceptors (Lipinski definition) is 5. The first-order chi connectivity index (χ1) is 8.36. The average molecular weight is 323 g/mol. The molecule has 0 aliphatic carbocycles. The van der Waals surface area contributed by atoms with Crippen molar-refractivity contribution in [3.05, 3.63) is 32.5 Å². The summed E-state index contributed by atoms with van der Waals surface area (Å²) in [5.74, 6) is -2.59. The monoisotopic (exact) mass is 322 g/mol. The Labute approximate surface area is 109 Å². The predicted molar refractivity (Wildman–Crippen MR) is 61.9 cm³/mol. The summed E-state index contributed by atoms with van der Waals surface area (Å²) in [5, 5.41) is 19.5. The maximum absolute atomic E-state index is 13.0. The molecular weight excluding hydrogens is 315 g/mol. The summed E-state index contributed by atoms with van der Waals surface area (Å²) in [5.41, 5.74) is 4.48. The van der Waals surface area contributed by atoms with Gasteiger partial charge in [-0.1, -0.05) is 0 Å². The first-order valence-electron chi connectivity index (χ1n) is 4.59. The Morgan fingerprint density at radius 3 is 2.72 bits per heavy atom. The largest absolute Gasteiger partial charge is 0.478 e. The molecule has 0 saturated heterocycles. The second-order valence-corrected chi connectivity index (χ2v) is 4.03. The molecule has 9 heteroatoms. The summed E-state index contributed by atoms with van der Waals surface area (Å²) >= 11 is 2.87. The topological polar surface area (TPSA) is 116 Å². The summed E-state index contributed by atoms with van der Waals surface area (Å²) in [7, 11) is 0. The normalized spacial score (nSPS) is 11.9. The van der Waals surface area contributed by atoms with Crippen LogP contribution in [-0.4, -0.2) is 28.6 Å². The lowest BCUT2D eigenvalue weighted by Gasteiger charge is -2.14. The van der Waals surface area contributed by atoms with E-state index in [9.17, 15) is 19.3 Å². The molecule has 1 rings (SSSR count). The Morgan fingerprint density at radius 2 is 2.28 bits per heavy atom. The minimum absolute atomic E-state index is 0.0612. The molecule has 0 spiro atoms. The number of carboxylic acid groups (broad SMARTS) is 1. The molecule has 0 aliphatic heterocycles. The molecule has 0 saturated carbocycles. The number of carbonyl (C=O) groups is 1. The molecule has 0 aromatic heterocycles. The van der Waals surface area contributed by atoms with Crippen LogP contribution in [0.25, 0.3) is 0 Å². The number of rotatable bonds is 5. The second kappa shape index (κ2) is 5.74. The molecule has 98 valence electrons. The average Bonchev–Trinajstić information content (AvgIpc) is 2.26. The number of nitro groups is 1. The van der Waals surface area contributed by atoms with Gasteiger partial charge in [0.15, 0.2) is 0 Å². The maximum Gasteiger partial charge on any atom is 0.346 e. The third kappa shape index (κ3) is 3.14. The SMILES string of the molecule is NCC(Oc1c(Br)cc(F)cc1[N+](=O)[O-])C(=O)O. The summed E-state index contributed by atoms with van der Waals surface area (Å²) < 4.78 is 17.9. The van der Waals surface area contributed by atoms with E-state index in [0.717, 1.165) is 6.07 Å². The van der Waals surface area contributed by atoms with Crippen LogP contribution in [0.2, 0.25) is 0 Å². The lowest BCUT2D eigenvalue weighted by molar-refractivity contribution is -0.386. The van der Waals surface area contributed by atoms with E-state index >= 15 is 0 Å². The summed E-state index contributed by atoms with van der Waals surface area (Å²) in [6.07, 6.45) is -1.45. The summed E-state index contributed by atoms with van der Waals surface area (Å²) in [6, 6.07) is 1.56. The number of hydrogen-bond donors (Lipinski definition) is 2. The highest BCUT2D eigenvalue weighted by molar-refractivity contribution is 9.10. The van der Waals surface area contributed by atoms with Crippen molar-refractivity contribution >= 4 is 27.6 Å². The van der Waals surface area contributed by atoms with Gasteiger partial charge in [-0.15, -0.1) is 0 Å². The number of nitrogens with two attached hydrogens (primary N) is 1. The fourth-order valence-electron chi connectivity index (χ4n) is 1.14. The molecule has 1 atom stereocenters. The number of nitrogens with zero attached hydrogens (tertiary/aromatic N) is 1. The Kier molecular flexibility index (Phi) is 4.56. The van der Waals surface area contributed by atoms with Crippen LogP contribution in [-0.2, 0) is 4.79 Å². The highest BCUT2D eigenvalue weighted by Crippen LogP contribution is 2.36. The van der Waals surface area contributed by atoms with Gasteiger partial charge in [0.05, 0.1) is 15.5 Å². The van der Waals surface area contributed by atoms with Gasteiger partial charge >= 0.3 is 11.7 Å². The number of aliphatic carboxylic acids is 1. The van der Waals surface area contributed by atoms with Crippen LogP contribution in [0.5, 0.6) is 5.75 Å². The summed E-state index contributed by atoms with van der Waals surface area (Å²) in [6.45, 7) is -0.379. The molecule has 0 amide bonds. The zero-order valence-corrected chi connectivity index (χ0v) is 10.4. The molecule has 3 N–H and O–H groups in total. The van der Waals surface area contributed by atoms with Crippen LogP contribution in [0.15, 0.2) is 16.6 Å². The van der Waals surface area contributed by atoms with Gasteiger partial charge in [0, 0.05) is 6.54 Å². The van der Waals surface area contributed by atoms with Crippen LogP contribution < -0.4 is 10.5 Å². The van der Waals surface area contributed by atoms with E-state index in [0.29, 0.717) is 6.07 Å². The van der Waals surface area contributed by atoms with Crippen molar-refractivity contribution in [3.63, 3.8) is 0 Å². The maximum atomic E-state index is 13.0. The van der Waals surface area contributed by atoms with Crippen molar-refractivity contribution in [3.8, 4) is 5.75 Å². The molecule has 0 heterocycles. The summed E-state index contributed by atoms with van der Waals surface area (Å²) in [4.78, 5) is 20.6. The van der Waals surface area contributed by atoms with E-state index < -0.39 is 28.5 Å². The Hall–Kier alpha value is -1.74. The molecule has 0 bridgehead atoms. The standard InChI is InChI=1S/C9H8BrFN2O5/c10-5-1-4(11)2-6(13(16)17)8(5)18-7(3-12)9(14)15/h1-2,7H,3,12H2,(H,14,15). The third-order valence-electron chi connectivity index (χ3n) is 1.94. The molecule has 0 fully saturated rings. The molecular formula is C9H8BrFN2O5. The number of ether oxygens (including phenoxy) is 1. The van der Waals surface area contributed by atoms with E-state index in [-0.39, 0.29) is 16.8 Å². The van der Waals surface area contributed by atoms with Crippen LogP contribution in [0, 0.1) is 15.9 Å². The van der Waals surface area contributed by atoms with Crippen LogP contribution in [0.1, 0.15) is 0 Å². The minimum Gasteiger partial charge on any atom is -0.478 e. The number of benzene rings is 1. The quantitative estimate of drug-likeness (QED) is 0.623. The molecule has 1 aromatic rings. The fraction of sp³-hybridized carbons (Fsp3) is 0.222. The smallest absolute Gasteiger partial charge is 0.346 e. The van der Waals surface area contributed by atoms with Crippen molar-refractivity contribution in [2.24, 2.45) is 5.73 Å². The molecule has 7 nitrogen and oxygen atoms in total. The lowest BCUT2D eigenvalue weighted by atomic mass is 10.2. The van der Waals surface area contributed by atoms with Crippen LogP contribution >= 0.6 is 15.9 Å². The van der Waals surface area contributed by atoms with Gasteiger partial charge in [0.2, 0.25) is 11.9 Å². The molecule has 1 aromatic carbocycles. The zero-order valence-electron chi connectivity index (χ0n) is 8.80. The third-order valence-corrected chi connectivity index (χ3v) is 2.52. The minimum atomic E-state index is -1.45. The molecule has 0 radical (unpaired) electrons. The number of carboxylic acids is 1. The van der Waals surface area contributed by atoms with Crippen LogP contribution in [0.4, 0.5) is 10.1 Å². The zero-order chi connectivity index (χ0) is 13.9. The van der Waals surface area contributed by atoms with Crippen LogP contribution in [0.3, 0.4) is 0 Å². The van der Waals surface area contributed by atoms with Crippen molar-refractivity contribution < 1.29 is 24.0 Å². The van der Waals surface area contributed by atoms with Crippen molar-refractivity contribution in [2.75, 3.05) is 6.54 Å². The van der Waals surface area contributed by atoms with Gasteiger partial charge in [-0.3, -0.25) is 10.1 Å². The van der Waals surface area contributed by atoms with Gasteiger partial charge in [0.25, 0.3) is 0 Å². The molecule has 18 heavy (non-hydrogen) atoms. The van der Waals surface area contributed by atoms with Crippen molar-refractivity contribution in [2.45, 2.75) is 6.10 Å². The Balaban J connectivity index is 3.22. The van der Waals surface area contributed by atoms with Gasteiger partial charge in [0.1, 0.15) is 5.82 Å². The number of nitro benzene ring substituents is 1. The molecule has 0 aliphatic rings. The van der Waals surface area contributed by atoms with E-state index in [1.807, 2.05) is 0 Å². The predicted octanol–water partition coefficient (Wildman–Crippen LogP) is 1.29. The fourth-order valence-corrected chi connectivity index (χ4v) is 1.66. The first-order valence-corrected chi connectivity index (χ1v) is 5.39. The Morgan fingerprint density at radius 1 is 1.67 bits per heavy atom. The highest BCUT2D eigenvalue weighted by Gasteiger charge is 2.26. The highest BCUT2D eigenvalue weighted by atomic mass is 79.9. The van der Waals surface area contributed by atoms with E-state index in [1.165, 1.54) is 0 Å². The van der Waals surface area contributed by atoms with Gasteiger partial charge in [-0.25, -0.2) is 9.18 Å².